The normalized spacial score (nSPS) is 35.9. The van der Waals surface area contributed by atoms with Crippen LogP contribution in [0.5, 0.6) is 0 Å². The molecule has 0 aromatic rings. The summed E-state index contributed by atoms with van der Waals surface area (Å²) in [6.07, 6.45) is 3.35. The van der Waals surface area contributed by atoms with E-state index in [0.717, 1.165) is 45.3 Å². The van der Waals surface area contributed by atoms with Crippen molar-refractivity contribution in [2.45, 2.75) is 37.9 Å². The van der Waals surface area contributed by atoms with Crippen LogP contribution in [0.25, 0.3) is 0 Å². The topological polar surface area (TPSA) is 49.6 Å². The average molecular weight is 211 g/mol. The molecule has 15 heavy (non-hydrogen) atoms. The minimum atomic E-state index is 0.0794. The molecule has 1 unspecified atom stereocenters. The molecular weight excluding hydrogens is 190 g/mol. The molecule has 1 saturated carbocycles. The summed E-state index contributed by atoms with van der Waals surface area (Å²) in [4.78, 5) is 15.4. The van der Waals surface area contributed by atoms with Crippen molar-refractivity contribution in [3.05, 3.63) is 0 Å². The lowest BCUT2D eigenvalue weighted by Gasteiger charge is -2.46. The maximum atomic E-state index is 10.7. The van der Waals surface area contributed by atoms with E-state index in [4.69, 9.17) is 5.73 Å². The summed E-state index contributed by atoms with van der Waals surface area (Å²) >= 11 is 0. The van der Waals surface area contributed by atoms with Gasteiger partial charge < -0.3 is 10.5 Å². The molecule has 0 aromatic carbocycles. The second-order valence-electron chi connectivity index (χ2n) is 4.83. The summed E-state index contributed by atoms with van der Waals surface area (Å²) < 4.78 is 0. The van der Waals surface area contributed by atoms with E-state index in [1.807, 2.05) is 6.92 Å². The summed E-state index contributed by atoms with van der Waals surface area (Å²) in [5, 5.41) is 0. The van der Waals surface area contributed by atoms with Gasteiger partial charge in [0, 0.05) is 38.3 Å². The van der Waals surface area contributed by atoms with E-state index >= 15 is 0 Å². The zero-order valence-corrected chi connectivity index (χ0v) is 9.43. The van der Waals surface area contributed by atoms with Crippen LogP contribution < -0.4 is 5.73 Å². The smallest absolute Gasteiger partial charge is 0.136 e. The Morgan fingerprint density at radius 3 is 2.33 bits per heavy atom. The predicted molar refractivity (Wildman–Crippen MR) is 59.7 cm³/mol. The van der Waals surface area contributed by atoms with Gasteiger partial charge in [0.2, 0.25) is 0 Å². The van der Waals surface area contributed by atoms with Crippen molar-refractivity contribution < 1.29 is 4.79 Å². The van der Waals surface area contributed by atoms with E-state index in [-0.39, 0.29) is 6.04 Å². The summed E-state index contributed by atoms with van der Waals surface area (Å²) in [5.41, 5.74) is 5.79. The predicted octanol–water partition coefficient (Wildman–Crippen LogP) is -0.319. The first-order chi connectivity index (χ1) is 7.20. The third-order valence-electron chi connectivity index (χ3n) is 3.79. The van der Waals surface area contributed by atoms with Gasteiger partial charge >= 0.3 is 0 Å². The number of nitrogens with zero attached hydrogens (tertiary/aromatic N) is 2. The van der Waals surface area contributed by atoms with Gasteiger partial charge in [0.1, 0.15) is 6.29 Å². The molecule has 4 nitrogen and oxygen atoms in total. The Hall–Kier alpha value is -0.450. The van der Waals surface area contributed by atoms with E-state index < -0.39 is 0 Å². The van der Waals surface area contributed by atoms with Crippen molar-refractivity contribution in [3.8, 4) is 0 Å². The minimum absolute atomic E-state index is 0.0794. The van der Waals surface area contributed by atoms with Gasteiger partial charge in [0.05, 0.1) is 6.04 Å². The molecule has 2 fully saturated rings. The van der Waals surface area contributed by atoms with Crippen LogP contribution in [-0.2, 0) is 4.79 Å². The van der Waals surface area contributed by atoms with E-state index in [9.17, 15) is 4.79 Å². The molecule has 4 heteroatoms. The fraction of sp³-hybridized carbons (Fsp3) is 0.909. The highest BCUT2D eigenvalue weighted by Gasteiger charge is 2.33. The molecule has 0 bridgehead atoms. The first kappa shape index (κ1) is 11.0. The summed E-state index contributed by atoms with van der Waals surface area (Å²) in [6, 6.07) is 1.23. The number of aldehydes is 1. The Kier molecular flexibility index (Phi) is 3.38. The SMILES string of the molecule is CC(C=O)N1CCN(C2CC(N)C2)CC1. The highest BCUT2D eigenvalue weighted by atomic mass is 16.1. The first-order valence-corrected chi connectivity index (χ1v) is 5.89. The van der Waals surface area contributed by atoms with Gasteiger partial charge in [0.15, 0.2) is 0 Å². The molecule has 1 atom stereocenters. The van der Waals surface area contributed by atoms with Crippen molar-refractivity contribution in [2.75, 3.05) is 26.2 Å². The Morgan fingerprint density at radius 2 is 1.87 bits per heavy atom. The number of rotatable bonds is 3. The summed E-state index contributed by atoms with van der Waals surface area (Å²) in [5.74, 6) is 0. The van der Waals surface area contributed by atoms with Gasteiger partial charge in [-0.2, -0.15) is 0 Å². The Balaban J connectivity index is 1.74. The zero-order valence-electron chi connectivity index (χ0n) is 9.43. The Morgan fingerprint density at radius 1 is 1.27 bits per heavy atom. The Bertz CT molecular complexity index is 220. The molecule has 86 valence electrons. The fourth-order valence-electron chi connectivity index (χ4n) is 2.52. The lowest BCUT2D eigenvalue weighted by molar-refractivity contribution is -0.112. The highest BCUT2D eigenvalue weighted by Crippen LogP contribution is 2.25. The van der Waals surface area contributed by atoms with Gasteiger partial charge in [-0.15, -0.1) is 0 Å². The van der Waals surface area contributed by atoms with Crippen LogP contribution in [0.2, 0.25) is 0 Å². The molecule has 2 aliphatic rings. The zero-order chi connectivity index (χ0) is 10.8. The second kappa shape index (κ2) is 4.60. The van der Waals surface area contributed by atoms with Crippen LogP contribution in [0, 0.1) is 0 Å². The van der Waals surface area contributed by atoms with Gasteiger partial charge in [-0.25, -0.2) is 0 Å². The van der Waals surface area contributed by atoms with Crippen LogP contribution in [-0.4, -0.2) is 60.4 Å². The lowest BCUT2D eigenvalue weighted by Crippen LogP contribution is -2.58. The monoisotopic (exact) mass is 211 g/mol. The van der Waals surface area contributed by atoms with Crippen LogP contribution in [0.1, 0.15) is 19.8 Å². The molecule has 2 N–H and O–H groups in total. The molecule has 0 spiro atoms. The molecule has 2 rings (SSSR count). The Labute approximate surface area is 91.4 Å². The quantitative estimate of drug-likeness (QED) is 0.650. The number of carbonyl (C=O) groups is 1. The number of hydrogen-bond donors (Lipinski definition) is 1. The van der Waals surface area contributed by atoms with Crippen LogP contribution in [0.4, 0.5) is 0 Å². The molecule has 1 aliphatic carbocycles. The number of piperazine rings is 1. The molecule has 0 amide bonds. The van der Waals surface area contributed by atoms with E-state index in [2.05, 4.69) is 9.80 Å². The largest absolute Gasteiger partial charge is 0.328 e. The molecular formula is C11H21N3O. The lowest BCUT2D eigenvalue weighted by atomic mass is 9.86. The van der Waals surface area contributed by atoms with Gasteiger partial charge in [0.25, 0.3) is 0 Å². The maximum absolute atomic E-state index is 10.7. The minimum Gasteiger partial charge on any atom is -0.328 e. The number of carbonyl (C=O) groups excluding carboxylic acids is 1. The first-order valence-electron chi connectivity index (χ1n) is 5.89. The second-order valence-corrected chi connectivity index (χ2v) is 4.83. The number of nitrogens with two attached hydrogens (primary N) is 1. The standard InChI is InChI=1S/C11H21N3O/c1-9(8-15)13-2-4-14(5-3-13)11-6-10(12)7-11/h8-11H,2-7,12H2,1H3. The van der Waals surface area contributed by atoms with Crippen molar-refractivity contribution >= 4 is 6.29 Å². The molecule has 0 radical (unpaired) electrons. The summed E-state index contributed by atoms with van der Waals surface area (Å²) in [6.45, 7) is 6.20. The van der Waals surface area contributed by atoms with Crippen LogP contribution >= 0.6 is 0 Å². The molecule has 1 heterocycles. The van der Waals surface area contributed by atoms with Crippen molar-refractivity contribution in [1.29, 1.82) is 0 Å². The molecule has 0 aromatic heterocycles. The van der Waals surface area contributed by atoms with Crippen LogP contribution in [0.15, 0.2) is 0 Å². The van der Waals surface area contributed by atoms with Crippen molar-refractivity contribution in [2.24, 2.45) is 5.73 Å². The van der Waals surface area contributed by atoms with E-state index in [0.29, 0.717) is 12.1 Å². The number of hydrogen-bond acceptors (Lipinski definition) is 4. The average Bonchev–Trinajstić information content (AvgIpc) is 2.24. The molecule has 1 aliphatic heterocycles. The fourth-order valence-corrected chi connectivity index (χ4v) is 2.52. The third-order valence-corrected chi connectivity index (χ3v) is 3.79. The van der Waals surface area contributed by atoms with E-state index in [1.54, 1.807) is 0 Å². The third kappa shape index (κ3) is 2.38. The highest BCUT2D eigenvalue weighted by molar-refractivity contribution is 5.56. The van der Waals surface area contributed by atoms with Gasteiger partial charge in [-0.05, 0) is 19.8 Å². The summed E-state index contributed by atoms with van der Waals surface area (Å²) in [7, 11) is 0. The maximum Gasteiger partial charge on any atom is 0.136 e. The van der Waals surface area contributed by atoms with Crippen molar-refractivity contribution in [1.82, 2.24) is 9.80 Å². The van der Waals surface area contributed by atoms with Gasteiger partial charge in [-0.1, -0.05) is 0 Å². The van der Waals surface area contributed by atoms with Crippen LogP contribution in [0.3, 0.4) is 0 Å². The van der Waals surface area contributed by atoms with Crippen molar-refractivity contribution in [3.63, 3.8) is 0 Å². The van der Waals surface area contributed by atoms with Gasteiger partial charge in [-0.3, -0.25) is 9.80 Å². The van der Waals surface area contributed by atoms with E-state index in [1.165, 1.54) is 0 Å². The molecule has 1 saturated heterocycles.